The first-order valence-corrected chi connectivity index (χ1v) is 8.32. The maximum Gasteiger partial charge on any atom is 0.343 e. The average molecular weight is 351 g/mol. The molecular weight excluding hydrogens is 334 g/mol. The Balaban J connectivity index is 2.30. The molecule has 0 saturated carbocycles. The van der Waals surface area contributed by atoms with Gasteiger partial charge in [0, 0.05) is 7.05 Å². The number of ether oxygens (including phenoxy) is 2. The molecule has 0 unspecified atom stereocenters. The summed E-state index contributed by atoms with van der Waals surface area (Å²) < 4.78 is 35.5. The molecule has 0 aliphatic heterocycles. The van der Waals surface area contributed by atoms with E-state index in [1.165, 1.54) is 45.5 Å². The van der Waals surface area contributed by atoms with Gasteiger partial charge in [-0.1, -0.05) is 22.7 Å². The maximum atomic E-state index is 12.3. The molecule has 8 heteroatoms. The van der Waals surface area contributed by atoms with Crippen molar-refractivity contribution >= 4 is 16.0 Å². The van der Waals surface area contributed by atoms with Gasteiger partial charge < -0.3 is 9.47 Å². The number of para-hydroxylation sites is 2. The normalized spacial score (nSPS) is 11.3. The van der Waals surface area contributed by atoms with E-state index in [2.05, 4.69) is 0 Å². The van der Waals surface area contributed by atoms with Crippen molar-refractivity contribution < 1.29 is 27.5 Å². The Morgan fingerprint density at radius 2 is 1.67 bits per heavy atom. The van der Waals surface area contributed by atoms with E-state index in [-0.39, 0.29) is 16.2 Å². The number of carbonyl (C=O) groups excluding carboxylic acids is 1. The Morgan fingerprint density at radius 1 is 1.00 bits per heavy atom. The number of sulfonamides is 1. The Bertz CT molecular complexity index is 834. The smallest absolute Gasteiger partial charge is 0.343 e. The predicted octanol–water partition coefficient (Wildman–Crippen LogP) is 2.10. The molecular formula is C16H17NO6S. The zero-order chi connectivity index (χ0) is 17.7. The molecule has 0 spiro atoms. The van der Waals surface area contributed by atoms with Crippen molar-refractivity contribution in [1.29, 1.82) is 0 Å². The quantitative estimate of drug-likeness (QED) is 0.450. The van der Waals surface area contributed by atoms with E-state index in [4.69, 9.17) is 14.3 Å². The van der Waals surface area contributed by atoms with Gasteiger partial charge in [-0.2, -0.15) is 0 Å². The van der Waals surface area contributed by atoms with Crippen molar-refractivity contribution in [2.24, 2.45) is 0 Å². The molecule has 7 nitrogen and oxygen atoms in total. The van der Waals surface area contributed by atoms with E-state index < -0.39 is 16.0 Å². The SMILES string of the molecule is COc1ccccc1OC(=O)c1cccc(S(=O)(=O)N(C)OC)c1. The van der Waals surface area contributed by atoms with Crippen LogP contribution in [0.25, 0.3) is 0 Å². The van der Waals surface area contributed by atoms with Gasteiger partial charge in [0.2, 0.25) is 0 Å². The molecule has 0 aromatic heterocycles. The van der Waals surface area contributed by atoms with Gasteiger partial charge in [0.15, 0.2) is 11.5 Å². The van der Waals surface area contributed by atoms with Gasteiger partial charge in [0.1, 0.15) is 0 Å². The highest BCUT2D eigenvalue weighted by atomic mass is 32.2. The number of methoxy groups -OCH3 is 1. The standard InChI is InChI=1S/C16H17NO6S/c1-17(22-3)24(19,20)13-8-6-7-12(11-13)16(18)23-15-10-5-4-9-14(15)21-2/h4-11H,1-3H3. The molecule has 128 valence electrons. The molecule has 0 radical (unpaired) electrons. The fraction of sp³-hybridized carbons (Fsp3) is 0.188. The second-order valence-corrected chi connectivity index (χ2v) is 6.60. The predicted molar refractivity (Wildman–Crippen MR) is 86.4 cm³/mol. The highest BCUT2D eigenvalue weighted by Gasteiger charge is 2.22. The summed E-state index contributed by atoms with van der Waals surface area (Å²) in [5, 5.41) is 0. The van der Waals surface area contributed by atoms with Gasteiger partial charge >= 0.3 is 5.97 Å². The highest BCUT2D eigenvalue weighted by Crippen LogP contribution is 2.27. The summed E-state index contributed by atoms with van der Waals surface area (Å²) in [4.78, 5) is 16.9. The van der Waals surface area contributed by atoms with Crippen molar-refractivity contribution in [1.82, 2.24) is 4.47 Å². The average Bonchev–Trinajstić information content (AvgIpc) is 2.61. The lowest BCUT2D eigenvalue weighted by Crippen LogP contribution is -2.26. The van der Waals surface area contributed by atoms with Crippen LogP contribution >= 0.6 is 0 Å². The van der Waals surface area contributed by atoms with Gasteiger partial charge in [0.25, 0.3) is 10.0 Å². The van der Waals surface area contributed by atoms with Crippen LogP contribution in [-0.4, -0.2) is 40.1 Å². The van der Waals surface area contributed by atoms with Crippen LogP contribution in [0.15, 0.2) is 53.4 Å². The Labute approximate surface area is 140 Å². The van der Waals surface area contributed by atoms with Crippen molar-refractivity contribution in [2.75, 3.05) is 21.3 Å². The summed E-state index contributed by atoms with van der Waals surface area (Å²) in [6.07, 6.45) is 0. The van der Waals surface area contributed by atoms with Crippen molar-refractivity contribution in [3.63, 3.8) is 0 Å². The molecule has 0 bridgehead atoms. The van der Waals surface area contributed by atoms with E-state index in [9.17, 15) is 13.2 Å². The summed E-state index contributed by atoms with van der Waals surface area (Å²) in [5.41, 5.74) is 0.0893. The summed E-state index contributed by atoms with van der Waals surface area (Å²) in [6.45, 7) is 0. The Hall–Kier alpha value is -2.42. The Kier molecular flexibility index (Phi) is 5.55. The highest BCUT2D eigenvalue weighted by molar-refractivity contribution is 7.89. The van der Waals surface area contributed by atoms with E-state index in [1.54, 1.807) is 24.3 Å². The maximum absolute atomic E-state index is 12.3. The lowest BCUT2D eigenvalue weighted by molar-refractivity contribution is -0.0258. The number of hydrogen-bond donors (Lipinski definition) is 0. The third kappa shape index (κ3) is 3.73. The molecule has 2 aromatic carbocycles. The second kappa shape index (κ2) is 7.43. The summed E-state index contributed by atoms with van der Waals surface area (Å²) in [7, 11) is 0.0992. The van der Waals surface area contributed by atoms with Gasteiger partial charge in [0.05, 0.1) is 24.7 Å². The second-order valence-electron chi connectivity index (χ2n) is 4.67. The number of hydrogen-bond acceptors (Lipinski definition) is 6. The number of carbonyl (C=O) groups is 1. The molecule has 0 saturated heterocycles. The molecule has 24 heavy (non-hydrogen) atoms. The van der Waals surface area contributed by atoms with Crippen LogP contribution < -0.4 is 9.47 Å². The molecule has 0 heterocycles. The van der Waals surface area contributed by atoms with Crippen LogP contribution in [0.1, 0.15) is 10.4 Å². The van der Waals surface area contributed by atoms with Crippen molar-refractivity contribution in [3.05, 3.63) is 54.1 Å². The minimum atomic E-state index is -3.85. The van der Waals surface area contributed by atoms with Crippen LogP contribution in [0, 0.1) is 0 Å². The topological polar surface area (TPSA) is 82.1 Å². The zero-order valence-electron chi connectivity index (χ0n) is 13.4. The molecule has 0 fully saturated rings. The number of hydroxylamine groups is 1. The number of nitrogens with zero attached hydrogens (tertiary/aromatic N) is 1. The minimum absolute atomic E-state index is 0.0821. The summed E-state index contributed by atoms with van der Waals surface area (Å²) in [5.74, 6) is -0.0577. The van der Waals surface area contributed by atoms with Gasteiger partial charge in [-0.15, -0.1) is 0 Å². The first kappa shape index (κ1) is 17.9. The summed E-state index contributed by atoms with van der Waals surface area (Å²) >= 11 is 0. The summed E-state index contributed by atoms with van der Waals surface area (Å²) in [6, 6.07) is 12.2. The Morgan fingerprint density at radius 3 is 2.29 bits per heavy atom. The van der Waals surface area contributed by atoms with E-state index in [0.29, 0.717) is 10.2 Å². The fourth-order valence-electron chi connectivity index (χ4n) is 1.89. The minimum Gasteiger partial charge on any atom is -0.493 e. The first-order valence-electron chi connectivity index (χ1n) is 6.88. The molecule has 0 atom stereocenters. The van der Waals surface area contributed by atoms with Gasteiger partial charge in [-0.05, 0) is 30.3 Å². The largest absolute Gasteiger partial charge is 0.493 e. The van der Waals surface area contributed by atoms with Crippen LogP contribution in [0.3, 0.4) is 0 Å². The van der Waals surface area contributed by atoms with Gasteiger partial charge in [-0.3, -0.25) is 4.84 Å². The lowest BCUT2D eigenvalue weighted by atomic mass is 10.2. The van der Waals surface area contributed by atoms with Crippen LogP contribution in [0.4, 0.5) is 0 Å². The number of benzene rings is 2. The molecule has 0 amide bonds. The van der Waals surface area contributed by atoms with E-state index >= 15 is 0 Å². The van der Waals surface area contributed by atoms with Crippen LogP contribution in [0.2, 0.25) is 0 Å². The number of esters is 1. The monoisotopic (exact) mass is 351 g/mol. The molecule has 0 N–H and O–H groups in total. The van der Waals surface area contributed by atoms with Crippen molar-refractivity contribution in [2.45, 2.75) is 4.90 Å². The lowest BCUT2D eigenvalue weighted by Gasteiger charge is -2.14. The molecule has 2 aromatic rings. The molecule has 2 rings (SSSR count). The van der Waals surface area contributed by atoms with E-state index in [1.807, 2.05) is 0 Å². The van der Waals surface area contributed by atoms with Crippen LogP contribution in [0.5, 0.6) is 11.5 Å². The van der Waals surface area contributed by atoms with E-state index in [0.717, 1.165) is 0 Å². The zero-order valence-corrected chi connectivity index (χ0v) is 14.2. The number of rotatable bonds is 6. The molecule has 0 aliphatic rings. The third-order valence-electron chi connectivity index (χ3n) is 3.23. The van der Waals surface area contributed by atoms with Gasteiger partial charge in [-0.25, -0.2) is 13.2 Å². The van der Waals surface area contributed by atoms with Crippen LogP contribution in [-0.2, 0) is 14.9 Å². The first-order chi connectivity index (χ1) is 11.4. The molecule has 0 aliphatic carbocycles. The fourth-order valence-corrected chi connectivity index (χ4v) is 2.91. The van der Waals surface area contributed by atoms with Crippen molar-refractivity contribution in [3.8, 4) is 11.5 Å². The third-order valence-corrected chi connectivity index (χ3v) is 4.91.